The second kappa shape index (κ2) is 3.33. The highest BCUT2D eigenvalue weighted by atomic mass is 15.4. The largest absolute Gasteiger partial charge is 0.324 e. The van der Waals surface area contributed by atoms with Gasteiger partial charge in [0.05, 0.1) is 0 Å². The lowest BCUT2D eigenvalue weighted by Crippen LogP contribution is -2.58. The molecule has 2 N–H and O–H groups in total. The Bertz CT molecular complexity index is 411. The van der Waals surface area contributed by atoms with E-state index in [9.17, 15) is 0 Å². The van der Waals surface area contributed by atoms with Crippen LogP contribution in [0, 0.1) is 21.7 Å². The SMILES string of the molecule is CC1NNC2=C1C(C)(C)C(C)(C)C(C)(C)C2(C)C. The van der Waals surface area contributed by atoms with E-state index in [1.54, 1.807) is 5.57 Å². The van der Waals surface area contributed by atoms with Crippen LogP contribution in [-0.2, 0) is 0 Å². The summed E-state index contributed by atoms with van der Waals surface area (Å²) < 4.78 is 0. The molecule has 2 heteroatoms. The lowest BCUT2D eigenvalue weighted by Gasteiger charge is -2.63. The summed E-state index contributed by atoms with van der Waals surface area (Å²) in [4.78, 5) is 0. The zero-order valence-corrected chi connectivity index (χ0v) is 13.6. The van der Waals surface area contributed by atoms with Gasteiger partial charge < -0.3 is 5.43 Å². The van der Waals surface area contributed by atoms with Crippen LogP contribution in [-0.4, -0.2) is 6.04 Å². The zero-order chi connectivity index (χ0) is 14.1. The van der Waals surface area contributed by atoms with E-state index >= 15 is 0 Å². The number of hydrogen-bond donors (Lipinski definition) is 2. The van der Waals surface area contributed by atoms with Crippen molar-refractivity contribution in [1.82, 2.24) is 10.9 Å². The smallest absolute Gasteiger partial charge is 0.0467 e. The molecule has 18 heavy (non-hydrogen) atoms. The van der Waals surface area contributed by atoms with E-state index in [2.05, 4.69) is 73.2 Å². The van der Waals surface area contributed by atoms with Crippen LogP contribution in [0.25, 0.3) is 0 Å². The molecule has 0 saturated heterocycles. The Morgan fingerprint density at radius 1 is 0.778 bits per heavy atom. The molecule has 2 rings (SSSR count). The summed E-state index contributed by atoms with van der Waals surface area (Å²) in [5, 5.41) is 0. The maximum absolute atomic E-state index is 3.48. The summed E-state index contributed by atoms with van der Waals surface area (Å²) in [5.41, 5.74) is 10.7. The lowest BCUT2D eigenvalue weighted by atomic mass is 9.41. The molecule has 0 aromatic carbocycles. The molecule has 0 bridgehead atoms. The monoisotopic (exact) mass is 250 g/mol. The van der Waals surface area contributed by atoms with Gasteiger partial charge >= 0.3 is 0 Å². The van der Waals surface area contributed by atoms with E-state index in [1.165, 1.54) is 5.70 Å². The van der Waals surface area contributed by atoms with Gasteiger partial charge in [0.2, 0.25) is 0 Å². The van der Waals surface area contributed by atoms with Crippen molar-refractivity contribution in [3.05, 3.63) is 11.3 Å². The summed E-state index contributed by atoms with van der Waals surface area (Å²) in [6.45, 7) is 21.5. The molecular weight excluding hydrogens is 220 g/mol. The van der Waals surface area contributed by atoms with Crippen molar-refractivity contribution in [2.24, 2.45) is 21.7 Å². The average Bonchev–Trinajstić information content (AvgIpc) is 2.58. The minimum absolute atomic E-state index is 0.152. The minimum Gasteiger partial charge on any atom is -0.324 e. The normalized spacial score (nSPS) is 35.1. The third kappa shape index (κ3) is 1.23. The Balaban J connectivity index is 2.77. The third-order valence-electron chi connectivity index (χ3n) is 7.10. The van der Waals surface area contributed by atoms with Crippen molar-refractivity contribution < 1.29 is 0 Å². The first-order valence-electron chi connectivity index (χ1n) is 7.15. The maximum Gasteiger partial charge on any atom is 0.0467 e. The Kier molecular flexibility index (Phi) is 2.58. The summed E-state index contributed by atoms with van der Waals surface area (Å²) in [5.74, 6) is 0. The third-order valence-corrected chi connectivity index (χ3v) is 7.10. The molecule has 1 unspecified atom stereocenters. The molecule has 0 amide bonds. The van der Waals surface area contributed by atoms with Crippen LogP contribution in [0.1, 0.15) is 62.3 Å². The van der Waals surface area contributed by atoms with Gasteiger partial charge in [-0.3, -0.25) is 0 Å². The van der Waals surface area contributed by atoms with Crippen molar-refractivity contribution in [3.63, 3.8) is 0 Å². The van der Waals surface area contributed by atoms with Crippen molar-refractivity contribution in [3.8, 4) is 0 Å². The Labute approximate surface area is 113 Å². The van der Waals surface area contributed by atoms with E-state index in [0.29, 0.717) is 6.04 Å². The van der Waals surface area contributed by atoms with Gasteiger partial charge in [-0.2, -0.15) is 0 Å². The maximum atomic E-state index is 3.48. The Hall–Kier alpha value is -0.500. The molecule has 2 aliphatic rings. The van der Waals surface area contributed by atoms with Crippen molar-refractivity contribution >= 4 is 0 Å². The lowest BCUT2D eigenvalue weighted by molar-refractivity contribution is -0.0841. The molecule has 1 aliphatic heterocycles. The molecular formula is C16H30N2. The summed E-state index contributed by atoms with van der Waals surface area (Å²) in [6, 6.07) is 0.421. The van der Waals surface area contributed by atoms with Gasteiger partial charge in [0.25, 0.3) is 0 Å². The van der Waals surface area contributed by atoms with Crippen LogP contribution >= 0.6 is 0 Å². The number of hydrazine groups is 1. The standard InChI is InChI=1S/C16H30N2/c1-10-11-12(18-17-10)14(4,5)16(8,9)15(6,7)13(11,2)3/h10,17-18H,1-9H3. The van der Waals surface area contributed by atoms with E-state index in [0.717, 1.165) is 0 Å². The predicted molar refractivity (Wildman–Crippen MR) is 77.9 cm³/mol. The van der Waals surface area contributed by atoms with Gasteiger partial charge in [0.1, 0.15) is 0 Å². The average molecular weight is 250 g/mol. The van der Waals surface area contributed by atoms with Crippen LogP contribution in [0.2, 0.25) is 0 Å². The quantitative estimate of drug-likeness (QED) is 0.682. The number of hydrogen-bond acceptors (Lipinski definition) is 2. The molecule has 0 saturated carbocycles. The van der Waals surface area contributed by atoms with E-state index in [1.807, 2.05) is 0 Å². The molecule has 104 valence electrons. The first-order valence-corrected chi connectivity index (χ1v) is 7.15. The van der Waals surface area contributed by atoms with Crippen LogP contribution in [0.3, 0.4) is 0 Å². The predicted octanol–water partition coefficient (Wildman–Crippen LogP) is 3.86. The van der Waals surface area contributed by atoms with Crippen LogP contribution in [0.4, 0.5) is 0 Å². The first kappa shape index (κ1) is 13.9. The van der Waals surface area contributed by atoms with Gasteiger partial charge in [-0.25, -0.2) is 5.43 Å². The van der Waals surface area contributed by atoms with Crippen molar-refractivity contribution in [2.75, 3.05) is 0 Å². The van der Waals surface area contributed by atoms with Gasteiger partial charge in [0.15, 0.2) is 0 Å². The minimum atomic E-state index is 0.152. The highest BCUT2D eigenvalue weighted by Crippen LogP contribution is 2.68. The highest BCUT2D eigenvalue weighted by molar-refractivity contribution is 5.40. The van der Waals surface area contributed by atoms with Crippen molar-refractivity contribution in [1.29, 1.82) is 0 Å². The van der Waals surface area contributed by atoms with Gasteiger partial charge in [-0.05, 0) is 28.7 Å². The molecule has 0 radical (unpaired) electrons. The fourth-order valence-electron chi connectivity index (χ4n) is 4.09. The molecule has 0 aromatic heterocycles. The highest BCUT2D eigenvalue weighted by Gasteiger charge is 2.63. The topological polar surface area (TPSA) is 24.1 Å². The second-order valence-corrected chi connectivity index (χ2v) is 8.28. The summed E-state index contributed by atoms with van der Waals surface area (Å²) in [7, 11) is 0. The number of allylic oxidation sites excluding steroid dienone is 1. The van der Waals surface area contributed by atoms with E-state index in [4.69, 9.17) is 0 Å². The molecule has 2 nitrogen and oxygen atoms in total. The molecule has 0 aromatic rings. The zero-order valence-electron chi connectivity index (χ0n) is 13.6. The number of rotatable bonds is 0. The van der Waals surface area contributed by atoms with Gasteiger partial charge in [-0.15, -0.1) is 0 Å². The second-order valence-electron chi connectivity index (χ2n) is 8.28. The van der Waals surface area contributed by atoms with Crippen LogP contribution in [0.5, 0.6) is 0 Å². The van der Waals surface area contributed by atoms with Crippen LogP contribution in [0.15, 0.2) is 11.3 Å². The van der Waals surface area contributed by atoms with Gasteiger partial charge in [0, 0.05) is 17.2 Å². The fourth-order valence-corrected chi connectivity index (χ4v) is 4.09. The fraction of sp³-hybridized carbons (Fsp3) is 0.875. The summed E-state index contributed by atoms with van der Waals surface area (Å²) >= 11 is 0. The molecule has 1 heterocycles. The molecule has 1 atom stereocenters. The van der Waals surface area contributed by atoms with E-state index in [-0.39, 0.29) is 21.7 Å². The number of nitrogens with one attached hydrogen (secondary N) is 2. The molecule has 1 aliphatic carbocycles. The Morgan fingerprint density at radius 2 is 1.22 bits per heavy atom. The van der Waals surface area contributed by atoms with Crippen LogP contribution < -0.4 is 10.9 Å². The first-order chi connectivity index (χ1) is 7.89. The summed E-state index contributed by atoms with van der Waals surface area (Å²) in [6.07, 6.45) is 0. The van der Waals surface area contributed by atoms with Crippen molar-refractivity contribution in [2.45, 2.75) is 68.4 Å². The van der Waals surface area contributed by atoms with E-state index < -0.39 is 0 Å². The Morgan fingerprint density at radius 3 is 1.72 bits per heavy atom. The molecule has 0 spiro atoms. The van der Waals surface area contributed by atoms with Gasteiger partial charge in [-0.1, -0.05) is 55.4 Å². The molecule has 0 fully saturated rings.